The molecule has 0 bridgehead atoms. The number of methoxy groups -OCH3 is 1. The summed E-state index contributed by atoms with van der Waals surface area (Å²) in [5.41, 5.74) is 0.253. The molecule has 3 rings (SSSR count). The SMILES string of the molecule is CCn1cc(C=C(F)B2OC(C)(C)C(C)(C)O2)c2cc(OC)ccc21. The van der Waals surface area contributed by atoms with Crippen molar-refractivity contribution in [1.29, 1.82) is 0 Å². The summed E-state index contributed by atoms with van der Waals surface area (Å²) in [6, 6.07) is 5.82. The van der Waals surface area contributed by atoms with Crippen LogP contribution in [-0.2, 0) is 15.9 Å². The molecule has 134 valence electrons. The topological polar surface area (TPSA) is 32.6 Å². The fourth-order valence-electron chi connectivity index (χ4n) is 2.98. The predicted octanol–water partition coefficient (Wildman–Crippen LogP) is 4.61. The van der Waals surface area contributed by atoms with Crippen LogP contribution in [0.15, 0.2) is 30.1 Å². The minimum atomic E-state index is -0.990. The van der Waals surface area contributed by atoms with Crippen molar-refractivity contribution in [2.45, 2.75) is 52.4 Å². The van der Waals surface area contributed by atoms with Crippen LogP contribution >= 0.6 is 0 Å². The fraction of sp³-hybridized carbons (Fsp3) is 0.474. The van der Waals surface area contributed by atoms with Crippen molar-refractivity contribution in [3.05, 3.63) is 35.7 Å². The first-order valence-corrected chi connectivity index (χ1v) is 8.58. The summed E-state index contributed by atoms with van der Waals surface area (Å²) in [7, 11) is 0.633. The molecule has 1 aliphatic heterocycles. The summed E-state index contributed by atoms with van der Waals surface area (Å²) in [5, 5.41) is 0.938. The standard InChI is InChI=1S/C19H25BFNO3/c1-7-22-12-13(15-11-14(23-6)8-9-16(15)22)10-17(21)20-24-18(2,3)19(4,5)25-20/h8-12H,7H2,1-6H3. The van der Waals surface area contributed by atoms with Crippen molar-refractivity contribution < 1.29 is 18.4 Å². The lowest BCUT2D eigenvalue weighted by Crippen LogP contribution is -2.41. The normalized spacial score (nSPS) is 19.6. The van der Waals surface area contributed by atoms with Gasteiger partial charge in [0.2, 0.25) is 0 Å². The third-order valence-electron chi connectivity index (χ3n) is 5.23. The zero-order valence-electron chi connectivity index (χ0n) is 15.7. The van der Waals surface area contributed by atoms with Crippen LogP contribution in [0.5, 0.6) is 5.75 Å². The number of hydrogen-bond donors (Lipinski definition) is 0. The molecular weight excluding hydrogens is 320 g/mol. The molecule has 4 nitrogen and oxygen atoms in total. The maximum atomic E-state index is 14.9. The quantitative estimate of drug-likeness (QED) is 0.759. The van der Waals surface area contributed by atoms with E-state index in [1.807, 2.05) is 52.1 Å². The first kappa shape index (κ1) is 18.0. The highest BCUT2D eigenvalue weighted by molar-refractivity contribution is 6.54. The Hall–Kier alpha value is -1.79. The molecule has 1 aromatic heterocycles. The van der Waals surface area contributed by atoms with Crippen LogP contribution < -0.4 is 4.74 Å². The van der Waals surface area contributed by atoms with E-state index in [0.29, 0.717) is 0 Å². The third kappa shape index (κ3) is 3.09. The van der Waals surface area contributed by atoms with Gasteiger partial charge in [0.1, 0.15) is 11.5 Å². The Morgan fingerprint density at radius 2 is 1.88 bits per heavy atom. The van der Waals surface area contributed by atoms with Crippen LogP contribution in [0, 0.1) is 0 Å². The molecule has 0 aliphatic carbocycles. The first-order valence-electron chi connectivity index (χ1n) is 8.58. The molecular formula is C19H25BFNO3. The van der Waals surface area contributed by atoms with Gasteiger partial charge in [0.05, 0.1) is 18.3 Å². The van der Waals surface area contributed by atoms with E-state index in [0.717, 1.165) is 28.8 Å². The summed E-state index contributed by atoms with van der Waals surface area (Å²) >= 11 is 0. The van der Waals surface area contributed by atoms with Crippen LogP contribution in [0.3, 0.4) is 0 Å². The highest BCUT2D eigenvalue weighted by Gasteiger charge is 2.53. The lowest BCUT2D eigenvalue weighted by atomic mass is 9.87. The number of fused-ring (bicyclic) bond motifs is 1. The zero-order valence-corrected chi connectivity index (χ0v) is 15.7. The van der Waals surface area contributed by atoms with Gasteiger partial charge in [-0.3, -0.25) is 0 Å². The molecule has 0 amide bonds. The number of nitrogens with zero attached hydrogens (tertiary/aromatic N) is 1. The number of hydrogen-bond acceptors (Lipinski definition) is 3. The Morgan fingerprint density at radius 3 is 2.44 bits per heavy atom. The number of benzene rings is 1. The number of aromatic nitrogens is 1. The van der Waals surface area contributed by atoms with E-state index >= 15 is 0 Å². The molecule has 0 unspecified atom stereocenters. The Labute approximate surface area is 148 Å². The summed E-state index contributed by atoms with van der Waals surface area (Å²) in [6.07, 6.45) is 3.44. The van der Waals surface area contributed by atoms with Crippen LogP contribution in [0.25, 0.3) is 17.0 Å². The number of ether oxygens (including phenoxy) is 1. The molecule has 0 N–H and O–H groups in total. The summed E-state index contributed by atoms with van der Waals surface area (Å²) in [6.45, 7) is 10.5. The summed E-state index contributed by atoms with van der Waals surface area (Å²) in [4.78, 5) is 0. The van der Waals surface area contributed by atoms with Gasteiger partial charge < -0.3 is 18.6 Å². The average molecular weight is 345 g/mol. The highest BCUT2D eigenvalue weighted by atomic mass is 19.1. The maximum Gasteiger partial charge on any atom is 0.525 e. The van der Waals surface area contributed by atoms with Crippen molar-refractivity contribution in [2.75, 3.05) is 7.11 Å². The van der Waals surface area contributed by atoms with E-state index in [1.165, 1.54) is 6.08 Å². The van der Waals surface area contributed by atoms with Gasteiger partial charge in [-0.25, -0.2) is 4.39 Å². The Kier molecular flexibility index (Phi) is 4.46. The average Bonchev–Trinajstić information content (AvgIpc) is 3.01. The van der Waals surface area contributed by atoms with E-state index < -0.39 is 24.0 Å². The van der Waals surface area contributed by atoms with Gasteiger partial charge in [-0.1, -0.05) is 0 Å². The minimum Gasteiger partial charge on any atom is -0.497 e. The molecule has 2 aromatic rings. The van der Waals surface area contributed by atoms with Gasteiger partial charge in [-0.15, -0.1) is 0 Å². The van der Waals surface area contributed by atoms with Gasteiger partial charge >= 0.3 is 7.12 Å². The van der Waals surface area contributed by atoms with Crippen molar-refractivity contribution in [1.82, 2.24) is 4.57 Å². The van der Waals surface area contributed by atoms with E-state index in [1.54, 1.807) is 7.11 Å². The fourth-order valence-corrected chi connectivity index (χ4v) is 2.98. The van der Waals surface area contributed by atoms with Crippen LogP contribution in [0.1, 0.15) is 40.2 Å². The van der Waals surface area contributed by atoms with E-state index in [4.69, 9.17) is 14.0 Å². The van der Waals surface area contributed by atoms with Crippen molar-refractivity contribution in [3.63, 3.8) is 0 Å². The lowest BCUT2D eigenvalue weighted by Gasteiger charge is -2.32. The second-order valence-corrected chi connectivity index (χ2v) is 7.37. The molecule has 0 spiro atoms. The van der Waals surface area contributed by atoms with E-state index in [2.05, 4.69) is 11.5 Å². The number of halogens is 1. The Bertz CT molecular complexity index is 809. The van der Waals surface area contributed by atoms with E-state index in [-0.39, 0.29) is 0 Å². The summed E-state index contributed by atoms with van der Waals surface area (Å²) < 4.78 is 33.8. The van der Waals surface area contributed by atoms with Crippen molar-refractivity contribution in [2.24, 2.45) is 0 Å². The number of aryl methyl sites for hydroxylation is 1. The first-order chi connectivity index (χ1) is 11.7. The molecule has 0 saturated carbocycles. The third-order valence-corrected chi connectivity index (χ3v) is 5.23. The van der Waals surface area contributed by atoms with Crippen LogP contribution in [0.2, 0.25) is 0 Å². The van der Waals surface area contributed by atoms with E-state index in [9.17, 15) is 4.39 Å². The van der Waals surface area contributed by atoms with Crippen LogP contribution in [0.4, 0.5) is 4.39 Å². The molecule has 0 radical (unpaired) electrons. The zero-order chi connectivity index (χ0) is 18.4. The smallest absolute Gasteiger partial charge is 0.497 e. The van der Waals surface area contributed by atoms with Crippen LogP contribution in [-0.4, -0.2) is 30.0 Å². The summed E-state index contributed by atoms with van der Waals surface area (Å²) in [5.74, 6) is 0.743. The van der Waals surface area contributed by atoms with Gasteiger partial charge in [-0.2, -0.15) is 0 Å². The van der Waals surface area contributed by atoms with Gasteiger partial charge in [0.15, 0.2) is 0 Å². The second-order valence-electron chi connectivity index (χ2n) is 7.37. The minimum absolute atomic E-state index is 0.434. The molecule has 1 fully saturated rings. The molecule has 0 atom stereocenters. The molecule has 6 heteroatoms. The van der Waals surface area contributed by atoms with Crippen molar-refractivity contribution in [3.8, 4) is 5.75 Å². The molecule has 25 heavy (non-hydrogen) atoms. The molecule has 2 heterocycles. The van der Waals surface area contributed by atoms with Gasteiger partial charge in [0.25, 0.3) is 0 Å². The van der Waals surface area contributed by atoms with Gasteiger partial charge in [0, 0.05) is 29.2 Å². The maximum absolute atomic E-state index is 14.9. The van der Waals surface area contributed by atoms with Crippen molar-refractivity contribution >= 4 is 24.1 Å². The second kappa shape index (κ2) is 6.18. The highest BCUT2D eigenvalue weighted by Crippen LogP contribution is 2.39. The molecule has 1 aliphatic rings. The monoisotopic (exact) mass is 345 g/mol. The predicted molar refractivity (Wildman–Crippen MR) is 99.3 cm³/mol. The largest absolute Gasteiger partial charge is 0.525 e. The lowest BCUT2D eigenvalue weighted by molar-refractivity contribution is 0.00578. The Morgan fingerprint density at radius 1 is 1.24 bits per heavy atom. The van der Waals surface area contributed by atoms with Gasteiger partial charge in [-0.05, 0) is 58.9 Å². The Balaban J connectivity index is 2.00. The number of rotatable bonds is 4. The molecule has 1 aromatic carbocycles. The molecule has 1 saturated heterocycles.